The molecule has 0 fully saturated rings. The zero-order valence-corrected chi connectivity index (χ0v) is 14.3. The van der Waals surface area contributed by atoms with Gasteiger partial charge in [-0.2, -0.15) is 5.26 Å². The Morgan fingerprint density at radius 1 is 1.31 bits per heavy atom. The van der Waals surface area contributed by atoms with Crippen molar-refractivity contribution in [1.82, 2.24) is 19.9 Å². The van der Waals surface area contributed by atoms with Gasteiger partial charge in [-0.05, 0) is 36.6 Å². The molecule has 0 aliphatic carbocycles. The standard InChI is InChI=1S/C20H17N5O/c1-12-8-9-22-20-18(12)24-19(25-20)15(10-21)17(26)7-6-13-11-23-16-5-3-2-4-14(13)16/h2-5,8-9,11,15,23H,6-7H2,1H3,(H,22,24,25)/t15-/m0/s1. The van der Waals surface area contributed by atoms with E-state index in [1.165, 1.54) is 0 Å². The number of aryl methyl sites for hydroxylation is 2. The van der Waals surface area contributed by atoms with E-state index in [1.54, 1.807) is 6.20 Å². The molecule has 1 atom stereocenters. The number of pyridine rings is 1. The number of nitrogens with one attached hydrogen (secondary N) is 2. The average molecular weight is 343 g/mol. The van der Waals surface area contributed by atoms with Gasteiger partial charge in [0.2, 0.25) is 0 Å². The molecule has 26 heavy (non-hydrogen) atoms. The van der Waals surface area contributed by atoms with Crippen molar-refractivity contribution in [3.63, 3.8) is 0 Å². The van der Waals surface area contributed by atoms with Gasteiger partial charge >= 0.3 is 0 Å². The highest BCUT2D eigenvalue weighted by molar-refractivity contribution is 5.90. The predicted molar refractivity (Wildman–Crippen MR) is 98.6 cm³/mol. The van der Waals surface area contributed by atoms with E-state index in [4.69, 9.17) is 0 Å². The number of nitrogens with zero attached hydrogens (tertiary/aromatic N) is 3. The molecule has 4 rings (SSSR count). The molecule has 0 radical (unpaired) electrons. The summed E-state index contributed by atoms with van der Waals surface area (Å²) in [6.07, 6.45) is 4.46. The number of carbonyl (C=O) groups is 1. The number of Topliss-reactive ketones (excluding diaryl/α,β-unsaturated/α-hetero) is 1. The minimum atomic E-state index is -0.909. The molecule has 6 heteroatoms. The molecule has 0 saturated heterocycles. The maximum Gasteiger partial charge on any atom is 0.178 e. The number of hydrogen-bond acceptors (Lipinski definition) is 4. The van der Waals surface area contributed by atoms with Crippen molar-refractivity contribution >= 4 is 27.9 Å². The van der Waals surface area contributed by atoms with Crippen molar-refractivity contribution in [2.75, 3.05) is 0 Å². The number of aromatic amines is 2. The molecule has 128 valence electrons. The van der Waals surface area contributed by atoms with E-state index >= 15 is 0 Å². The Balaban J connectivity index is 1.55. The Hall–Kier alpha value is -3.46. The van der Waals surface area contributed by atoms with E-state index in [0.29, 0.717) is 17.9 Å². The van der Waals surface area contributed by atoms with E-state index < -0.39 is 5.92 Å². The maximum atomic E-state index is 12.7. The zero-order valence-electron chi connectivity index (χ0n) is 14.3. The fourth-order valence-corrected chi connectivity index (χ4v) is 3.22. The third kappa shape index (κ3) is 2.74. The molecular formula is C20H17N5O. The molecule has 0 bridgehead atoms. The van der Waals surface area contributed by atoms with Gasteiger partial charge in [-0.25, -0.2) is 9.97 Å². The summed E-state index contributed by atoms with van der Waals surface area (Å²) in [4.78, 5) is 27.5. The number of carbonyl (C=O) groups excluding carboxylic acids is 1. The van der Waals surface area contributed by atoms with Gasteiger partial charge in [0.05, 0.1) is 11.6 Å². The Labute approximate surface area is 149 Å². The maximum absolute atomic E-state index is 12.7. The summed E-state index contributed by atoms with van der Waals surface area (Å²) in [6.45, 7) is 1.94. The average Bonchev–Trinajstić information content (AvgIpc) is 3.25. The summed E-state index contributed by atoms with van der Waals surface area (Å²) < 4.78 is 0. The molecule has 3 heterocycles. The van der Waals surface area contributed by atoms with Crippen molar-refractivity contribution < 1.29 is 4.79 Å². The first kappa shape index (κ1) is 16.0. The van der Waals surface area contributed by atoms with Crippen LogP contribution in [0.2, 0.25) is 0 Å². The van der Waals surface area contributed by atoms with Gasteiger partial charge in [0.1, 0.15) is 5.82 Å². The van der Waals surface area contributed by atoms with Gasteiger partial charge in [0, 0.05) is 29.7 Å². The monoisotopic (exact) mass is 343 g/mol. The first-order valence-corrected chi connectivity index (χ1v) is 8.46. The molecule has 0 saturated carbocycles. The van der Waals surface area contributed by atoms with Crippen molar-refractivity contribution in [2.24, 2.45) is 0 Å². The summed E-state index contributed by atoms with van der Waals surface area (Å²) in [5.74, 6) is -0.684. The first-order valence-electron chi connectivity index (χ1n) is 8.46. The second-order valence-electron chi connectivity index (χ2n) is 6.34. The number of nitriles is 1. The normalized spacial score (nSPS) is 12.3. The van der Waals surface area contributed by atoms with Crippen molar-refractivity contribution in [2.45, 2.75) is 25.7 Å². The minimum absolute atomic E-state index is 0.144. The van der Waals surface area contributed by atoms with E-state index in [2.05, 4.69) is 26.0 Å². The van der Waals surface area contributed by atoms with Crippen LogP contribution in [0.5, 0.6) is 0 Å². The highest BCUT2D eigenvalue weighted by Gasteiger charge is 2.24. The number of imidazole rings is 1. The lowest BCUT2D eigenvalue weighted by atomic mass is 9.98. The van der Waals surface area contributed by atoms with Crippen LogP contribution in [0, 0.1) is 18.3 Å². The molecule has 2 N–H and O–H groups in total. The van der Waals surface area contributed by atoms with E-state index in [9.17, 15) is 10.1 Å². The van der Waals surface area contributed by atoms with Gasteiger partial charge in [-0.1, -0.05) is 18.2 Å². The topological polar surface area (TPSA) is 98.2 Å². The lowest BCUT2D eigenvalue weighted by molar-refractivity contribution is -0.119. The molecule has 6 nitrogen and oxygen atoms in total. The quantitative estimate of drug-likeness (QED) is 0.579. The van der Waals surface area contributed by atoms with Crippen LogP contribution in [0.25, 0.3) is 22.1 Å². The van der Waals surface area contributed by atoms with Crippen LogP contribution >= 0.6 is 0 Å². The number of hydrogen-bond donors (Lipinski definition) is 2. The number of para-hydroxylation sites is 1. The van der Waals surface area contributed by atoms with E-state index in [1.807, 2.05) is 43.5 Å². The van der Waals surface area contributed by atoms with Crippen molar-refractivity contribution in [1.29, 1.82) is 5.26 Å². The SMILES string of the molecule is Cc1ccnc2nc([C@@H](C#N)C(=O)CCc3c[nH]c4ccccc34)[nH]c12. The van der Waals surface area contributed by atoms with Crippen LogP contribution in [-0.2, 0) is 11.2 Å². The fourth-order valence-electron chi connectivity index (χ4n) is 3.22. The largest absolute Gasteiger partial charge is 0.361 e. The van der Waals surface area contributed by atoms with Gasteiger partial charge in [0.25, 0.3) is 0 Å². The third-order valence-electron chi connectivity index (χ3n) is 4.66. The highest BCUT2D eigenvalue weighted by Crippen LogP contribution is 2.23. The molecule has 4 aromatic rings. The summed E-state index contributed by atoms with van der Waals surface area (Å²) in [5.41, 5.74) is 4.41. The van der Waals surface area contributed by atoms with Crippen molar-refractivity contribution in [3.8, 4) is 6.07 Å². The van der Waals surface area contributed by atoms with Gasteiger partial charge in [-0.15, -0.1) is 0 Å². The Morgan fingerprint density at radius 2 is 2.15 bits per heavy atom. The molecule has 3 aromatic heterocycles. The van der Waals surface area contributed by atoms with Crippen LogP contribution in [-0.4, -0.2) is 25.7 Å². The molecule has 0 spiro atoms. The number of aromatic nitrogens is 4. The number of fused-ring (bicyclic) bond motifs is 2. The summed E-state index contributed by atoms with van der Waals surface area (Å²) in [6, 6.07) is 11.9. The first-order chi connectivity index (χ1) is 12.7. The Morgan fingerprint density at radius 3 is 2.96 bits per heavy atom. The minimum Gasteiger partial charge on any atom is -0.361 e. The summed E-state index contributed by atoms with van der Waals surface area (Å²) in [5, 5.41) is 10.6. The molecular weight excluding hydrogens is 326 g/mol. The number of ketones is 1. The lowest BCUT2D eigenvalue weighted by Crippen LogP contribution is -2.13. The van der Waals surface area contributed by atoms with Gasteiger partial charge < -0.3 is 9.97 Å². The fraction of sp³-hybridized carbons (Fsp3) is 0.200. The number of benzene rings is 1. The molecule has 0 aliphatic heterocycles. The van der Waals surface area contributed by atoms with Crippen LogP contribution in [0.4, 0.5) is 0 Å². The van der Waals surface area contributed by atoms with Crippen LogP contribution in [0.3, 0.4) is 0 Å². The third-order valence-corrected chi connectivity index (χ3v) is 4.66. The van der Waals surface area contributed by atoms with Crippen LogP contribution in [0.1, 0.15) is 29.3 Å². The number of H-pyrrole nitrogens is 2. The molecule has 1 aromatic carbocycles. The van der Waals surface area contributed by atoms with E-state index in [-0.39, 0.29) is 12.2 Å². The summed E-state index contributed by atoms with van der Waals surface area (Å²) >= 11 is 0. The number of rotatable bonds is 5. The van der Waals surface area contributed by atoms with Crippen LogP contribution < -0.4 is 0 Å². The molecule has 0 aliphatic rings. The Kier molecular flexibility index (Phi) is 3.98. The smallest absolute Gasteiger partial charge is 0.178 e. The van der Waals surface area contributed by atoms with Crippen molar-refractivity contribution in [3.05, 3.63) is 59.7 Å². The summed E-state index contributed by atoms with van der Waals surface area (Å²) in [7, 11) is 0. The predicted octanol–water partition coefficient (Wildman–Crippen LogP) is 3.56. The van der Waals surface area contributed by atoms with E-state index in [0.717, 1.165) is 27.5 Å². The zero-order chi connectivity index (χ0) is 18.1. The second-order valence-corrected chi connectivity index (χ2v) is 6.34. The van der Waals surface area contributed by atoms with Crippen LogP contribution in [0.15, 0.2) is 42.7 Å². The molecule has 0 unspecified atom stereocenters. The molecule has 0 amide bonds. The lowest BCUT2D eigenvalue weighted by Gasteiger charge is -2.05. The van der Waals surface area contributed by atoms with Gasteiger partial charge in [0.15, 0.2) is 17.3 Å². The van der Waals surface area contributed by atoms with Gasteiger partial charge in [-0.3, -0.25) is 4.79 Å². The Bertz CT molecular complexity index is 1150. The highest BCUT2D eigenvalue weighted by atomic mass is 16.1. The second kappa shape index (κ2) is 6.45.